The molecule has 0 bridgehead atoms. The number of fused-ring (bicyclic) bond motifs is 2. The number of benzene rings is 1. The van der Waals surface area contributed by atoms with E-state index in [0.717, 1.165) is 60.6 Å². The zero-order chi connectivity index (χ0) is 17.0. The molecule has 1 aromatic carbocycles. The minimum Gasteiger partial charge on any atom is -0.324 e. The third kappa shape index (κ3) is 2.39. The van der Waals surface area contributed by atoms with Gasteiger partial charge in [0.1, 0.15) is 11.3 Å². The van der Waals surface area contributed by atoms with E-state index in [1.165, 1.54) is 6.07 Å². The fraction of sp³-hybridized carbons (Fsp3) is 0.368. The maximum absolute atomic E-state index is 13.2. The van der Waals surface area contributed by atoms with Gasteiger partial charge < -0.3 is 4.90 Å². The molecule has 1 aliphatic carbocycles. The Morgan fingerprint density at radius 2 is 2.08 bits per heavy atom. The highest BCUT2D eigenvalue weighted by Gasteiger charge is 2.31. The minimum atomic E-state index is -2.46. The van der Waals surface area contributed by atoms with Crippen molar-refractivity contribution in [2.24, 2.45) is 0 Å². The summed E-state index contributed by atoms with van der Waals surface area (Å²) in [6.07, 6.45) is 7.29. The lowest BCUT2D eigenvalue weighted by Gasteiger charge is -2.30. The second kappa shape index (κ2) is 5.51. The van der Waals surface area contributed by atoms with Gasteiger partial charge in [0.2, 0.25) is 0 Å². The molecule has 1 aliphatic heterocycles. The van der Waals surface area contributed by atoms with E-state index in [2.05, 4.69) is 14.3 Å². The average Bonchev–Trinajstić information content (AvgIpc) is 3.41. The molecule has 3 aromatic rings. The highest BCUT2D eigenvalue weighted by atomic mass is 19.3. The monoisotopic (exact) mass is 340 g/mol. The fourth-order valence-corrected chi connectivity index (χ4v) is 3.72. The van der Waals surface area contributed by atoms with E-state index in [-0.39, 0.29) is 5.56 Å². The van der Waals surface area contributed by atoms with Gasteiger partial charge in [0.25, 0.3) is 6.43 Å². The number of imidazole rings is 1. The molecular weight excluding hydrogens is 322 g/mol. The first-order chi connectivity index (χ1) is 12.2. The molecule has 2 aromatic heterocycles. The number of aryl methyl sites for hydroxylation is 1. The smallest absolute Gasteiger partial charge is 0.263 e. The first kappa shape index (κ1) is 14.8. The van der Waals surface area contributed by atoms with E-state index in [1.807, 2.05) is 18.5 Å². The van der Waals surface area contributed by atoms with Crippen LogP contribution in [0.25, 0.3) is 5.52 Å². The number of anilines is 2. The molecule has 0 amide bonds. The van der Waals surface area contributed by atoms with Gasteiger partial charge in [-0.1, -0.05) is 12.1 Å². The molecule has 0 atom stereocenters. The van der Waals surface area contributed by atoms with E-state index in [9.17, 15) is 8.78 Å². The molecule has 128 valence electrons. The van der Waals surface area contributed by atoms with Crippen LogP contribution in [0, 0.1) is 0 Å². The van der Waals surface area contributed by atoms with Crippen LogP contribution in [0.15, 0.2) is 36.8 Å². The summed E-state index contributed by atoms with van der Waals surface area (Å²) in [6.45, 7) is 0.783. The summed E-state index contributed by atoms with van der Waals surface area (Å²) in [4.78, 5) is 11.3. The molecule has 0 saturated heterocycles. The molecule has 0 unspecified atom stereocenters. The van der Waals surface area contributed by atoms with Crippen LogP contribution in [-0.4, -0.2) is 20.9 Å². The largest absolute Gasteiger partial charge is 0.324 e. The second-order valence-corrected chi connectivity index (χ2v) is 6.84. The standard InChI is InChI=1S/C19H18F2N4/c20-17(21)14-6-3-12-2-1-8-24(15(12)10-14)19-16-11-22-7-9-25(16)18(23-19)13-4-5-13/h3,6-7,9-11,13,17H,1-2,4-5,8H2. The second-order valence-electron chi connectivity index (χ2n) is 6.84. The van der Waals surface area contributed by atoms with E-state index >= 15 is 0 Å². The van der Waals surface area contributed by atoms with Gasteiger partial charge in [-0.25, -0.2) is 13.8 Å². The zero-order valence-electron chi connectivity index (χ0n) is 13.7. The Kier molecular flexibility index (Phi) is 3.26. The van der Waals surface area contributed by atoms with Crippen molar-refractivity contribution >= 4 is 17.0 Å². The first-order valence-corrected chi connectivity index (χ1v) is 8.73. The lowest BCUT2D eigenvalue weighted by atomic mass is 9.99. The predicted octanol–water partition coefficient (Wildman–Crippen LogP) is 4.63. The van der Waals surface area contributed by atoms with Gasteiger partial charge in [-0.2, -0.15) is 0 Å². The summed E-state index contributed by atoms with van der Waals surface area (Å²) >= 11 is 0. The Hall–Kier alpha value is -2.50. The summed E-state index contributed by atoms with van der Waals surface area (Å²) in [6, 6.07) is 4.99. The van der Waals surface area contributed by atoms with Crippen LogP contribution in [0.3, 0.4) is 0 Å². The molecule has 3 heterocycles. The minimum absolute atomic E-state index is 0.0645. The molecular formula is C19H18F2N4. The quantitative estimate of drug-likeness (QED) is 0.697. The van der Waals surface area contributed by atoms with E-state index < -0.39 is 6.43 Å². The number of halogens is 2. The highest BCUT2D eigenvalue weighted by Crippen LogP contribution is 2.43. The van der Waals surface area contributed by atoms with Gasteiger partial charge >= 0.3 is 0 Å². The van der Waals surface area contributed by atoms with Crippen LogP contribution in [0.1, 0.15) is 48.6 Å². The summed E-state index contributed by atoms with van der Waals surface area (Å²) in [5, 5.41) is 0. The predicted molar refractivity (Wildman–Crippen MR) is 91.7 cm³/mol. The molecule has 0 spiro atoms. The molecule has 0 radical (unpaired) electrons. The lowest BCUT2D eigenvalue weighted by Crippen LogP contribution is -2.25. The van der Waals surface area contributed by atoms with Crippen LogP contribution >= 0.6 is 0 Å². The SMILES string of the molecule is FC(F)c1ccc2c(c1)N(c1nc(C3CC3)n3ccncc13)CCC2. The van der Waals surface area contributed by atoms with Crippen molar-refractivity contribution in [2.75, 3.05) is 11.4 Å². The van der Waals surface area contributed by atoms with Crippen molar-refractivity contribution in [1.29, 1.82) is 0 Å². The van der Waals surface area contributed by atoms with Gasteiger partial charge in [0.05, 0.1) is 6.20 Å². The summed E-state index contributed by atoms with van der Waals surface area (Å²) in [5.41, 5.74) is 2.97. The fourth-order valence-electron chi connectivity index (χ4n) is 3.72. The summed E-state index contributed by atoms with van der Waals surface area (Å²) in [5.74, 6) is 2.40. The summed E-state index contributed by atoms with van der Waals surface area (Å²) in [7, 11) is 0. The summed E-state index contributed by atoms with van der Waals surface area (Å²) < 4.78 is 28.5. The van der Waals surface area contributed by atoms with E-state index in [4.69, 9.17) is 4.98 Å². The molecule has 1 saturated carbocycles. The number of aromatic nitrogens is 3. The van der Waals surface area contributed by atoms with Crippen LogP contribution < -0.4 is 4.90 Å². The number of hydrogen-bond acceptors (Lipinski definition) is 3. The molecule has 5 rings (SSSR count). The highest BCUT2D eigenvalue weighted by molar-refractivity contribution is 5.78. The Bertz CT molecular complexity index is 946. The van der Waals surface area contributed by atoms with Crippen molar-refractivity contribution in [3.8, 4) is 0 Å². The average molecular weight is 340 g/mol. The van der Waals surface area contributed by atoms with Gasteiger partial charge in [0.15, 0.2) is 5.82 Å². The molecule has 6 heteroatoms. The molecule has 2 aliphatic rings. The Labute approximate surface area is 144 Å². The molecule has 1 fully saturated rings. The third-order valence-corrected chi connectivity index (χ3v) is 5.13. The maximum atomic E-state index is 13.2. The van der Waals surface area contributed by atoms with Crippen LogP contribution in [0.4, 0.5) is 20.3 Å². The van der Waals surface area contributed by atoms with E-state index in [1.54, 1.807) is 12.3 Å². The van der Waals surface area contributed by atoms with Gasteiger partial charge in [-0.05, 0) is 37.3 Å². The van der Waals surface area contributed by atoms with Gasteiger partial charge in [0, 0.05) is 36.1 Å². The third-order valence-electron chi connectivity index (χ3n) is 5.13. The zero-order valence-corrected chi connectivity index (χ0v) is 13.7. The molecule has 4 nitrogen and oxygen atoms in total. The number of nitrogens with zero attached hydrogens (tertiary/aromatic N) is 4. The topological polar surface area (TPSA) is 33.4 Å². The number of hydrogen-bond donors (Lipinski definition) is 0. The number of alkyl halides is 2. The van der Waals surface area contributed by atoms with Crippen molar-refractivity contribution in [3.63, 3.8) is 0 Å². The van der Waals surface area contributed by atoms with Gasteiger partial charge in [-0.15, -0.1) is 0 Å². The van der Waals surface area contributed by atoms with Crippen LogP contribution in [0.5, 0.6) is 0 Å². The van der Waals surface area contributed by atoms with Gasteiger partial charge in [-0.3, -0.25) is 9.38 Å². The Balaban J connectivity index is 1.68. The van der Waals surface area contributed by atoms with Crippen LogP contribution in [-0.2, 0) is 6.42 Å². The van der Waals surface area contributed by atoms with Crippen molar-refractivity contribution in [1.82, 2.24) is 14.4 Å². The van der Waals surface area contributed by atoms with Crippen molar-refractivity contribution < 1.29 is 8.78 Å². The lowest BCUT2D eigenvalue weighted by molar-refractivity contribution is 0.151. The maximum Gasteiger partial charge on any atom is 0.263 e. The van der Waals surface area contributed by atoms with Crippen LogP contribution in [0.2, 0.25) is 0 Å². The van der Waals surface area contributed by atoms with E-state index in [0.29, 0.717) is 5.92 Å². The van der Waals surface area contributed by atoms with Crippen molar-refractivity contribution in [2.45, 2.75) is 38.0 Å². The first-order valence-electron chi connectivity index (χ1n) is 8.73. The van der Waals surface area contributed by atoms with Crippen molar-refractivity contribution in [3.05, 3.63) is 53.7 Å². The Morgan fingerprint density at radius 1 is 1.20 bits per heavy atom. The number of rotatable bonds is 3. The Morgan fingerprint density at radius 3 is 2.88 bits per heavy atom. The molecule has 25 heavy (non-hydrogen) atoms. The molecule has 0 N–H and O–H groups in total. The normalized spacial score (nSPS) is 17.3.